The SMILES string of the molecule is POCCl. The van der Waals surface area contributed by atoms with Gasteiger partial charge in [0.25, 0.3) is 0 Å². The van der Waals surface area contributed by atoms with E-state index in [4.69, 9.17) is 11.6 Å². The Morgan fingerprint density at radius 3 is 2.25 bits per heavy atom. The predicted molar refractivity (Wildman–Crippen MR) is 21.5 cm³/mol. The van der Waals surface area contributed by atoms with E-state index >= 15 is 0 Å². The molecule has 0 radical (unpaired) electrons. The van der Waals surface area contributed by atoms with Gasteiger partial charge in [-0.25, -0.2) is 0 Å². The van der Waals surface area contributed by atoms with E-state index in [1.54, 1.807) is 0 Å². The van der Waals surface area contributed by atoms with Crippen LogP contribution in [0.5, 0.6) is 0 Å². The maximum Gasteiger partial charge on any atom is 0.124 e. The molecule has 0 spiro atoms. The van der Waals surface area contributed by atoms with Crippen LogP contribution in [0.2, 0.25) is 0 Å². The fourth-order valence-corrected chi connectivity index (χ4v) is 0. The monoisotopic (exact) mass is 98.0 g/mol. The summed E-state index contributed by atoms with van der Waals surface area (Å²) < 4.78 is 4.22. The Bertz CT molecular complexity index is 10.0. The van der Waals surface area contributed by atoms with Crippen molar-refractivity contribution in [2.24, 2.45) is 0 Å². The van der Waals surface area contributed by atoms with E-state index in [2.05, 4.69) is 4.52 Å². The van der Waals surface area contributed by atoms with Gasteiger partial charge in [-0.1, -0.05) is 11.6 Å². The van der Waals surface area contributed by atoms with E-state index in [-0.39, 0.29) is 6.07 Å². The molecule has 0 aromatic rings. The lowest BCUT2D eigenvalue weighted by Gasteiger charge is -1.73. The van der Waals surface area contributed by atoms with Crippen molar-refractivity contribution in [3.05, 3.63) is 0 Å². The quantitative estimate of drug-likeness (QED) is 0.351. The molecular formula is CH4ClOP. The largest absolute Gasteiger partial charge is 0.350 e. The Hall–Kier alpha value is 0.680. The Morgan fingerprint density at radius 2 is 2.25 bits per heavy atom. The van der Waals surface area contributed by atoms with Crippen LogP contribution in [0.3, 0.4) is 0 Å². The molecule has 0 aromatic heterocycles. The lowest BCUT2D eigenvalue weighted by atomic mass is 11.7. The molecule has 0 aliphatic rings. The topological polar surface area (TPSA) is 9.23 Å². The molecule has 0 aliphatic carbocycles. The van der Waals surface area contributed by atoms with Crippen molar-refractivity contribution in [3.8, 4) is 0 Å². The van der Waals surface area contributed by atoms with Crippen LogP contribution < -0.4 is 0 Å². The van der Waals surface area contributed by atoms with Crippen LogP contribution in [0, 0.1) is 0 Å². The minimum Gasteiger partial charge on any atom is -0.350 e. The molecule has 0 amide bonds. The summed E-state index contributed by atoms with van der Waals surface area (Å²) in [5, 5.41) is 0. The third-order valence-corrected chi connectivity index (χ3v) is 0.567. The van der Waals surface area contributed by atoms with Crippen molar-refractivity contribution < 1.29 is 4.52 Å². The average Bonchev–Trinajstić information content (AvgIpc) is 1.37. The Morgan fingerprint density at radius 1 is 2.00 bits per heavy atom. The molecule has 0 rings (SSSR count). The normalized spacial score (nSPS) is 7.50. The molecule has 0 heterocycles. The second-order valence-corrected chi connectivity index (χ2v) is 0.827. The second-order valence-electron chi connectivity index (χ2n) is 0.276. The summed E-state index contributed by atoms with van der Waals surface area (Å²) in [6.07, 6.45) is 0. The van der Waals surface area contributed by atoms with Gasteiger partial charge in [0.05, 0.1) is 0 Å². The molecule has 1 atom stereocenters. The van der Waals surface area contributed by atoms with Crippen LogP contribution in [0.25, 0.3) is 0 Å². The molecule has 0 saturated carbocycles. The third kappa shape index (κ3) is 2.68. The van der Waals surface area contributed by atoms with E-state index in [9.17, 15) is 0 Å². The maximum absolute atomic E-state index is 4.94. The number of hydrogen-bond donors (Lipinski definition) is 0. The molecular weight excluding hydrogens is 94.4 g/mol. The summed E-state index contributed by atoms with van der Waals surface area (Å²) in [5.41, 5.74) is 0. The first-order chi connectivity index (χ1) is 1.91. The zero-order valence-corrected chi connectivity index (χ0v) is 3.98. The smallest absolute Gasteiger partial charge is 0.124 e. The zero-order chi connectivity index (χ0) is 3.41. The summed E-state index contributed by atoms with van der Waals surface area (Å²) in [4.78, 5) is 0. The molecule has 4 heavy (non-hydrogen) atoms. The van der Waals surface area contributed by atoms with E-state index in [0.29, 0.717) is 0 Å². The van der Waals surface area contributed by atoms with E-state index in [0.717, 1.165) is 0 Å². The molecule has 1 unspecified atom stereocenters. The second kappa shape index (κ2) is 3.68. The molecule has 1 nitrogen and oxygen atoms in total. The van der Waals surface area contributed by atoms with Crippen LogP contribution in [0.1, 0.15) is 0 Å². The molecule has 0 saturated heterocycles. The molecule has 0 fully saturated rings. The highest BCUT2D eigenvalue weighted by molar-refractivity contribution is 7.09. The van der Waals surface area contributed by atoms with Crippen LogP contribution >= 0.6 is 21.1 Å². The fraction of sp³-hybridized carbons (Fsp3) is 1.00. The Balaban J connectivity index is 1.97. The first kappa shape index (κ1) is 4.68. The molecule has 0 bridgehead atoms. The van der Waals surface area contributed by atoms with Gasteiger partial charge in [-0.3, -0.25) is 0 Å². The van der Waals surface area contributed by atoms with Crippen molar-refractivity contribution >= 4 is 21.1 Å². The summed E-state index contributed by atoms with van der Waals surface area (Å²) >= 11 is 4.94. The van der Waals surface area contributed by atoms with Gasteiger partial charge in [0.2, 0.25) is 0 Å². The number of halogens is 1. The maximum atomic E-state index is 4.94. The van der Waals surface area contributed by atoms with Crippen molar-refractivity contribution in [1.29, 1.82) is 0 Å². The van der Waals surface area contributed by atoms with Crippen molar-refractivity contribution in [2.45, 2.75) is 0 Å². The van der Waals surface area contributed by atoms with Gasteiger partial charge in [0.15, 0.2) is 0 Å². The highest BCUT2D eigenvalue weighted by Gasteiger charge is 1.54. The molecule has 26 valence electrons. The summed E-state index contributed by atoms with van der Waals surface area (Å²) in [6.45, 7) is 0. The van der Waals surface area contributed by atoms with E-state index in [1.165, 1.54) is 0 Å². The van der Waals surface area contributed by atoms with Gasteiger partial charge in [0.1, 0.15) is 6.07 Å². The summed E-state index contributed by atoms with van der Waals surface area (Å²) in [5.74, 6) is 0. The lowest BCUT2D eigenvalue weighted by molar-refractivity contribution is 0.457. The zero-order valence-electron chi connectivity index (χ0n) is 2.07. The van der Waals surface area contributed by atoms with Gasteiger partial charge in [0, 0.05) is 9.47 Å². The molecule has 0 aliphatic heterocycles. The van der Waals surface area contributed by atoms with Gasteiger partial charge < -0.3 is 4.52 Å². The minimum absolute atomic E-state index is 0.255. The third-order valence-electron chi connectivity index (χ3n) is 0.0630. The fourth-order valence-electron chi connectivity index (χ4n) is 0. The van der Waals surface area contributed by atoms with Gasteiger partial charge in [-0.2, -0.15) is 0 Å². The molecule has 0 N–H and O–H groups in total. The van der Waals surface area contributed by atoms with Crippen LogP contribution in [0.4, 0.5) is 0 Å². The van der Waals surface area contributed by atoms with Crippen LogP contribution in [-0.2, 0) is 4.52 Å². The first-order valence-corrected chi connectivity index (χ1v) is 1.80. The Labute approximate surface area is 32.6 Å². The highest BCUT2D eigenvalue weighted by Crippen LogP contribution is 1.83. The standard InChI is InChI=1S/CH4ClOP/c2-1-3-4/h1,4H2. The van der Waals surface area contributed by atoms with E-state index < -0.39 is 0 Å². The highest BCUT2D eigenvalue weighted by atomic mass is 35.5. The lowest BCUT2D eigenvalue weighted by Crippen LogP contribution is -1.57. The van der Waals surface area contributed by atoms with E-state index in [1.807, 2.05) is 9.47 Å². The van der Waals surface area contributed by atoms with Crippen LogP contribution in [0.15, 0.2) is 0 Å². The van der Waals surface area contributed by atoms with Gasteiger partial charge >= 0.3 is 0 Å². The average molecular weight is 98.5 g/mol. The Kier molecular flexibility index (Phi) is 4.31. The summed E-state index contributed by atoms with van der Waals surface area (Å²) in [7, 11) is 2.02. The number of alkyl halides is 1. The van der Waals surface area contributed by atoms with Crippen molar-refractivity contribution in [1.82, 2.24) is 0 Å². The van der Waals surface area contributed by atoms with Crippen LogP contribution in [-0.4, -0.2) is 6.07 Å². The van der Waals surface area contributed by atoms with Crippen molar-refractivity contribution in [3.63, 3.8) is 0 Å². The molecule has 3 heteroatoms. The van der Waals surface area contributed by atoms with Gasteiger partial charge in [-0.15, -0.1) is 0 Å². The minimum atomic E-state index is 0.255. The number of hydrogen-bond acceptors (Lipinski definition) is 1. The number of rotatable bonds is 1. The summed E-state index contributed by atoms with van der Waals surface area (Å²) in [6, 6.07) is 0.255. The van der Waals surface area contributed by atoms with Gasteiger partial charge in [-0.05, 0) is 0 Å². The first-order valence-electron chi connectivity index (χ1n) is 0.792. The molecule has 0 aromatic carbocycles. The van der Waals surface area contributed by atoms with Crippen molar-refractivity contribution in [2.75, 3.05) is 6.07 Å². The predicted octanol–water partition coefficient (Wildman–Crippen LogP) is 0.989.